The van der Waals surface area contributed by atoms with E-state index in [0.29, 0.717) is 22.0 Å². The monoisotopic (exact) mass is 327 g/mol. The molecule has 1 aliphatic heterocycles. The van der Waals surface area contributed by atoms with Crippen LogP contribution in [0.3, 0.4) is 0 Å². The smallest absolute Gasteiger partial charge is 0.241 e. The zero-order valence-electron chi connectivity index (χ0n) is 11.8. The molecule has 1 aliphatic rings. The van der Waals surface area contributed by atoms with Gasteiger partial charge in [0.25, 0.3) is 0 Å². The molecule has 2 rings (SSSR count). The largest absolute Gasteiger partial charge is 0.303 e. The molecule has 1 aromatic rings. The van der Waals surface area contributed by atoms with Crippen LogP contribution in [0.1, 0.15) is 31.2 Å². The lowest BCUT2D eigenvalue weighted by Crippen LogP contribution is -2.33. The van der Waals surface area contributed by atoms with Gasteiger partial charge in [0, 0.05) is 18.5 Å². The number of hydrazone groups is 1. The maximum Gasteiger partial charge on any atom is 0.241 e. The van der Waals surface area contributed by atoms with E-state index in [1.165, 1.54) is 25.5 Å². The molecule has 0 spiro atoms. The summed E-state index contributed by atoms with van der Waals surface area (Å²) in [7, 11) is 0. The van der Waals surface area contributed by atoms with Gasteiger partial charge in [-0.05, 0) is 38.1 Å². The standard InChI is InChI=1S/C15H19Cl2N3O/c16-13-5-4-6-14(17)12(13)11-18-19-15(21)7-10-20-8-2-1-3-9-20/h4-6,11H,1-3,7-10H2,(H,19,21)/b18-11+. The summed E-state index contributed by atoms with van der Waals surface area (Å²) >= 11 is 12.0. The first kappa shape index (κ1) is 16.3. The number of amides is 1. The Bertz CT molecular complexity index is 493. The molecule has 0 saturated carbocycles. The van der Waals surface area contributed by atoms with Crippen molar-refractivity contribution in [2.24, 2.45) is 5.10 Å². The third-order valence-corrected chi connectivity index (χ3v) is 4.15. The van der Waals surface area contributed by atoms with Crippen molar-refractivity contribution in [2.45, 2.75) is 25.7 Å². The summed E-state index contributed by atoms with van der Waals surface area (Å²) in [5, 5.41) is 4.93. The molecule has 0 unspecified atom stereocenters. The van der Waals surface area contributed by atoms with Crippen LogP contribution < -0.4 is 5.43 Å². The van der Waals surface area contributed by atoms with Crippen LogP contribution in [-0.4, -0.2) is 36.7 Å². The van der Waals surface area contributed by atoms with E-state index in [-0.39, 0.29) is 5.91 Å². The normalized spacial score (nSPS) is 16.3. The Morgan fingerprint density at radius 3 is 2.57 bits per heavy atom. The molecule has 0 atom stereocenters. The number of carbonyl (C=O) groups is 1. The van der Waals surface area contributed by atoms with E-state index in [4.69, 9.17) is 23.2 Å². The van der Waals surface area contributed by atoms with Gasteiger partial charge in [0.15, 0.2) is 0 Å². The van der Waals surface area contributed by atoms with Crippen molar-refractivity contribution in [3.63, 3.8) is 0 Å². The minimum Gasteiger partial charge on any atom is -0.303 e. The number of nitrogens with zero attached hydrogens (tertiary/aromatic N) is 2. The Balaban J connectivity index is 1.76. The number of rotatable bonds is 5. The molecule has 114 valence electrons. The Morgan fingerprint density at radius 2 is 1.90 bits per heavy atom. The summed E-state index contributed by atoms with van der Waals surface area (Å²) in [6.45, 7) is 2.96. The molecule has 1 N–H and O–H groups in total. The first-order chi connectivity index (χ1) is 10.2. The highest BCUT2D eigenvalue weighted by molar-refractivity contribution is 6.38. The molecular formula is C15H19Cl2N3O. The number of halogens is 2. The molecule has 0 radical (unpaired) electrons. The van der Waals surface area contributed by atoms with E-state index >= 15 is 0 Å². The Hall–Kier alpha value is -1.10. The first-order valence-electron chi connectivity index (χ1n) is 7.15. The molecule has 6 heteroatoms. The highest BCUT2D eigenvalue weighted by Crippen LogP contribution is 2.21. The van der Waals surface area contributed by atoms with Crippen LogP contribution in [-0.2, 0) is 4.79 Å². The quantitative estimate of drug-likeness (QED) is 0.666. The van der Waals surface area contributed by atoms with Crippen molar-refractivity contribution >= 4 is 35.3 Å². The minimum absolute atomic E-state index is 0.0972. The number of carbonyl (C=O) groups excluding carboxylic acids is 1. The lowest BCUT2D eigenvalue weighted by atomic mass is 10.1. The van der Waals surface area contributed by atoms with Crippen molar-refractivity contribution in [3.8, 4) is 0 Å². The van der Waals surface area contributed by atoms with E-state index in [1.807, 2.05) is 0 Å². The van der Waals surface area contributed by atoms with Crippen LogP contribution in [0.25, 0.3) is 0 Å². The van der Waals surface area contributed by atoms with E-state index in [2.05, 4.69) is 15.4 Å². The summed E-state index contributed by atoms with van der Waals surface area (Å²) in [5.74, 6) is -0.0972. The van der Waals surface area contributed by atoms with E-state index in [1.54, 1.807) is 18.2 Å². The molecule has 1 aromatic carbocycles. The minimum atomic E-state index is -0.0972. The molecule has 1 fully saturated rings. The maximum absolute atomic E-state index is 11.7. The van der Waals surface area contributed by atoms with E-state index in [9.17, 15) is 4.79 Å². The summed E-state index contributed by atoms with van der Waals surface area (Å²) in [6.07, 6.45) is 5.68. The van der Waals surface area contributed by atoms with Crippen LogP contribution in [0, 0.1) is 0 Å². The van der Waals surface area contributed by atoms with Crippen molar-refractivity contribution in [3.05, 3.63) is 33.8 Å². The molecular weight excluding hydrogens is 309 g/mol. The highest BCUT2D eigenvalue weighted by Gasteiger charge is 2.11. The van der Waals surface area contributed by atoms with E-state index in [0.717, 1.165) is 19.6 Å². The average molecular weight is 328 g/mol. The second-order valence-electron chi connectivity index (χ2n) is 5.08. The number of nitrogens with one attached hydrogen (secondary N) is 1. The molecule has 0 aliphatic carbocycles. The zero-order valence-corrected chi connectivity index (χ0v) is 13.3. The van der Waals surface area contributed by atoms with Gasteiger partial charge in [-0.25, -0.2) is 5.43 Å². The van der Waals surface area contributed by atoms with Crippen LogP contribution in [0.2, 0.25) is 10.0 Å². The van der Waals surface area contributed by atoms with Crippen LogP contribution >= 0.6 is 23.2 Å². The fourth-order valence-corrected chi connectivity index (χ4v) is 2.80. The Kier molecular flexibility index (Phi) is 6.49. The zero-order chi connectivity index (χ0) is 15.1. The number of hydrogen-bond donors (Lipinski definition) is 1. The van der Waals surface area contributed by atoms with Gasteiger partial charge < -0.3 is 4.90 Å². The van der Waals surface area contributed by atoms with Crippen LogP contribution in [0.5, 0.6) is 0 Å². The number of likely N-dealkylation sites (tertiary alicyclic amines) is 1. The van der Waals surface area contributed by atoms with Gasteiger partial charge in [0.1, 0.15) is 0 Å². The van der Waals surface area contributed by atoms with Crippen LogP contribution in [0.15, 0.2) is 23.3 Å². The van der Waals surface area contributed by atoms with Crippen molar-refractivity contribution in [1.29, 1.82) is 0 Å². The lowest BCUT2D eigenvalue weighted by molar-refractivity contribution is -0.121. The summed E-state index contributed by atoms with van der Waals surface area (Å²) in [6, 6.07) is 5.22. The fraction of sp³-hybridized carbons (Fsp3) is 0.467. The van der Waals surface area contributed by atoms with Gasteiger partial charge >= 0.3 is 0 Å². The van der Waals surface area contributed by atoms with Gasteiger partial charge in [0.05, 0.1) is 16.3 Å². The van der Waals surface area contributed by atoms with Gasteiger partial charge in [-0.3, -0.25) is 4.79 Å². The third kappa shape index (κ3) is 5.30. The molecule has 0 aromatic heterocycles. The first-order valence-corrected chi connectivity index (χ1v) is 7.90. The molecule has 1 heterocycles. The number of piperidine rings is 1. The summed E-state index contributed by atoms with van der Waals surface area (Å²) in [5.41, 5.74) is 3.12. The topological polar surface area (TPSA) is 44.7 Å². The van der Waals surface area contributed by atoms with Crippen molar-refractivity contribution < 1.29 is 4.79 Å². The van der Waals surface area contributed by atoms with Crippen LogP contribution in [0.4, 0.5) is 0 Å². The van der Waals surface area contributed by atoms with Crippen molar-refractivity contribution in [2.75, 3.05) is 19.6 Å². The molecule has 4 nitrogen and oxygen atoms in total. The fourth-order valence-electron chi connectivity index (χ4n) is 2.30. The Morgan fingerprint density at radius 1 is 1.24 bits per heavy atom. The Labute approximate surface area is 135 Å². The summed E-state index contributed by atoms with van der Waals surface area (Å²) in [4.78, 5) is 14.0. The molecule has 1 saturated heterocycles. The molecule has 1 amide bonds. The predicted molar refractivity (Wildman–Crippen MR) is 87.1 cm³/mol. The van der Waals surface area contributed by atoms with Crippen molar-refractivity contribution in [1.82, 2.24) is 10.3 Å². The number of benzene rings is 1. The highest BCUT2D eigenvalue weighted by atomic mass is 35.5. The van der Waals surface area contributed by atoms with E-state index < -0.39 is 0 Å². The second kappa shape index (κ2) is 8.37. The third-order valence-electron chi connectivity index (χ3n) is 3.49. The van der Waals surface area contributed by atoms with Gasteiger partial charge in [-0.2, -0.15) is 5.10 Å². The number of hydrogen-bond acceptors (Lipinski definition) is 3. The second-order valence-corrected chi connectivity index (χ2v) is 5.90. The lowest BCUT2D eigenvalue weighted by Gasteiger charge is -2.25. The van der Waals surface area contributed by atoms with Gasteiger partial charge in [0.2, 0.25) is 5.91 Å². The SMILES string of the molecule is O=C(CCN1CCCCC1)N/N=C/c1c(Cl)cccc1Cl. The maximum atomic E-state index is 11.7. The summed E-state index contributed by atoms with van der Waals surface area (Å²) < 4.78 is 0. The molecule has 21 heavy (non-hydrogen) atoms. The average Bonchev–Trinajstić information content (AvgIpc) is 2.49. The van der Waals surface area contributed by atoms with Gasteiger partial charge in [-0.1, -0.05) is 35.7 Å². The molecule has 0 bridgehead atoms. The predicted octanol–water partition coefficient (Wildman–Crippen LogP) is 3.32. The van der Waals surface area contributed by atoms with Gasteiger partial charge in [-0.15, -0.1) is 0 Å².